The lowest BCUT2D eigenvalue weighted by atomic mass is 9.92. The second kappa shape index (κ2) is 5.57. The van der Waals surface area contributed by atoms with Crippen LogP contribution >= 0.6 is 0 Å². The fourth-order valence-electron chi connectivity index (χ4n) is 3.37. The van der Waals surface area contributed by atoms with Crippen molar-refractivity contribution in [2.75, 3.05) is 33.7 Å². The summed E-state index contributed by atoms with van der Waals surface area (Å²) in [5.74, 6) is 0.949. The van der Waals surface area contributed by atoms with E-state index in [0.717, 1.165) is 64.1 Å². The van der Waals surface area contributed by atoms with Crippen LogP contribution in [0.1, 0.15) is 38.5 Å². The average molecular weight is 253 g/mol. The summed E-state index contributed by atoms with van der Waals surface area (Å²) < 4.78 is 0. The largest absolute Gasteiger partial charge is 0.341 e. The van der Waals surface area contributed by atoms with Gasteiger partial charge in [0.2, 0.25) is 5.91 Å². The van der Waals surface area contributed by atoms with Crippen molar-refractivity contribution in [1.29, 1.82) is 0 Å². The number of likely N-dealkylation sites (tertiary alicyclic amines) is 1. The maximum atomic E-state index is 12.4. The third-order valence-electron chi connectivity index (χ3n) is 4.45. The number of hydrogen-bond donors (Lipinski definition) is 1. The molecule has 0 bridgehead atoms. The molecule has 0 atom stereocenters. The van der Waals surface area contributed by atoms with Crippen LogP contribution in [0.25, 0.3) is 0 Å². The van der Waals surface area contributed by atoms with Gasteiger partial charge in [-0.3, -0.25) is 4.79 Å². The minimum Gasteiger partial charge on any atom is -0.341 e. The molecule has 1 aliphatic heterocycles. The van der Waals surface area contributed by atoms with Gasteiger partial charge in [0.05, 0.1) is 5.54 Å². The Balaban J connectivity index is 1.84. The minimum absolute atomic E-state index is 0.211. The molecule has 1 saturated carbocycles. The average Bonchev–Trinajstić information content (AvgIpc) is 2.77. The zero-order valence-electron chi connectivity index (χ0n) is 11.8. The van der Waals surface area contributed by atoms with Crippen LogP contribution < -0.4 is 5.73 Å². The fraction of sp³-hybridized carbons (Fsp3) is 0.929. The van der Waals surface area contributed by atoms with Crippen molar-refractivity contribution in [3.8, 4) is 0 Å². The van der Waals surface area contributed by atoms with Gasteiger partial charge >= 0.3 is 0 Å². The van der Waals surface area contributed by atoms with Gasteiger partial charge in [-0.15, -0.1) is 0 Å². The Morgan fingerprint density at radius 2 is 1.83 bits per heavy atom. The van der Waals surface area contributed by atoms with E-state index in [1.807, 2.05) is 4.90 Å². The molecule has 1 heterocycles. The SMILES string of the molecule is CN(C)CC1CCN(C(=O)C2(N)CCCC2)CC1. The zero-order valence-corrected chi connectivity index (χ0v) is 11.8. The Bertz CT molecular complexity index is 289. The smallest absolute Gasteiger partial charge is 0.242 e. The standard InChI is InChI=1S/C14H27N3O/c1-16(2)11-12-5-9-17(10-6-12)13(18)14(15)7-3-4-8-14/h12H,3-11,15H2,1-2H3. The molecule has 0 aromatic rings. The van der Waals surface area contributed by atoms with Crippen LogP contribution in [0.2, 0.25) is 0 Å². The molecular weight excluding hydrogens is 226 g/mol. The van der Waals surface area contributed by atoms with Crippen LogP contribution in [0, 0.1) is 5.92 Å². The number of carbonyl (C=O) groups excluding carboxylic acids is 1. The maximum Gasteiger partial charge on any atom is 0.242 e. The summed E-state index contributed by atoms with van der Waals surface area (Å²) in [5.41, 5.74) is 5.72. The van der Waals surface area contributed by atoms with E-state index in [-0.39, 0.29) is 5.91 Å². The highest BCUT2D eigenvalue weighted by Gasteiger charge is 2.40. The van der Waals surface area contributed by atoms with Gasteiger partial charge in [-0.2, -0.15) is 0 Å². The van der Waals surface area contributed by atoms with Crippen molar-refractivity contribution in [3.63, 3.8) is 0 Å². The quantitative estimate of drug-likeness (QED) is 0.818. The van der Waals surface area contributed by atoms with E-state index in [1.165, 1.54) is 0 Å². The van der Waals surface area contributed by atoms with Crippen LogP contribution in [0.15, 0.2) is 0 Å². The normalized spacial score (nSPS) is 24.8. The molecule has 104 valence electrons. The molecule has 0 aromatic heterocycles. The summed E-state index contributed by atoms with van der Waals surface area (Å²) in [6, 6.07) is 0. The predicted octanol–water partition coefficient (Wildman–Crippen LogP) is 1.06. The van der Waals surface area contributed by atoms with E-state index in [9.17, 15) is 4.79 Å². The number of piperidine rings is 1. The Hall–Kier alpha value is -0.610. The second-order valence-electron chi connectivity index (χ2n) is 6.36. The highest BCUT2D eigenvalue weighted by Crippen LogP contribution is 2.30. The zero-order chi connectivity index (χ0) is 13.2. The van der Waals surface area contributed by atoms with Crippen LogP contribution in [0.3, 0.4) is 0 Å². The molecule has 0 radical (unpaired) electrons. The first-order valence-electron chi connectivity index (χ1n) is 7.24. The fourth-order valence-corrected chi connectivity index (χ4v) is 3.37. The minimum atomic E-state index is -0.533. The summed E-state index contributed by atoms with van der Waals surface area (Å²) in [5, 5.41) is 0. The first-order chi connectivity index (χ1) is 8.51. The molecule has 0 aromatic carbocycles. The first-order valence-corrected chi connectivity index (χ1v) is 7.24. The van der Waals surface area contributed by atoms with Crippen molar-refractivity contribution >= 4 is 5.91 Å². The lowest BCUT2D eigenvalue weighted by Gasteiger charge is -2.37. The van der Waals surface area contributed by atoms with Crippen LogP contribution in [0.4, 0.5) is 0 Å². The molecule has 2 fully saturated rings. The van der Waals surface area contributed by atoms with Gasteiger partial charge in [0, 0.05) is 19.6 Å². The van der Waals surface area contributed by atoms with E-state index in [2.05, 4.69) is 19.0 Å². The van der Waals surface area contributed by atoms with Crippen molar-refractivity contribution in [2.24, 2.45) is 11.7 Å². The highest BCUT2D eigenvalue weighted by atomic mass is 16.2. The van der Waals surface area contributed by atoms with Crippen molar-refractivity contribution in [2.45, 2.75) is 44.1 Å². The van der Waals surface area contributed by atoms with Gasteiger partial charge in [-0.1, -0.05) is 12.8 Å². The summed E-state index contributed by atoms with van der Waals surface area (Å²) in [4.78, 5) is 16.7. The highest BCUT2D eigenvalue weighted by molar-refractivity contribution is 5.86. The third kappa shape index (κ3) is 3.04. The molecule has 0 unspecified atom stereocenters. The molecule has 0 spiro atoms. The van der Waals surface area contributed by atoms with Gasteiger partial charge in [0.25, 0.3) is 0 Å². The number of hydrogen-bond acceptors (Lipinski definition) is 3. The number of nitrogens with two attached hydrogens (primary N) is 1. The lowest BCUT2D eigenvalue weighted by molar-refractivity contribution is -0.138. The third-order valence-corrected chi connectivity index (χ3v) is 4.45. The monoisotopic (exact) mass is 253 g/mol. The summed E-state index contributed by atoms with van der Waals surface area (Å²) >= 11 is 0. The molecule has 2 aliphatic rings. The van der Waals surface area contributed by atoms with E-state index < -0.39 is 5.54 Å². The number of nitrogens with zero attached hydrogens (tertiary/aromatic N) is 2. The lowest BCUT2D eigenvalue weighted by Crippen LogP contribution is -2.55. The Kier molecular flexibility index (Phi) is 4.28. The molecular formula is C14H27N3O. The van der Waals surface area contributed by atoms with Gasteiger partial charge in [0.15, 0.2) is 0 Å². The molecule has 1 aliphatic carbocycles. The van der Waals surface area contributed by atoms with Crippen molar-refractivity contribution < 1.29 is 4.79 Å². The van der Waals surface area contributed by atoms with Crippen LogP contribution in [0.5, 0.6) is 0 Å². The number of amides is 1. The van der Waals surface area contributed by atoms with E-state index >= 15 is 0 Å². The van der Waals surface area contributed by atoms with Gasteiger partial charge in [-0.25, -0.2) is 0 Å². The molecule has 1 saturated heterocycles. The molecule has 2 rings (SSSR count). The van der Waals surface area contributed by atoms with Crippen LogP contribution in [-0.2, 0) is 4.79 Å². The van der Waals surface area contributed by atoms with E-state index in [4.69, 9.17) is 5.73 Å². The Morgan fingerprint density at radius 1 is 1.28 bits per heavy atom. The molecule has 4 heteroatoms. The summed E-state index contributed by atoms with van der Waals surface area (Å²) in [6.45, 7) is 2.93. The summed E-state index contributed by atoms with van der Waals surface area (Å²) in [6.07, 6.45) is 6.23. The van der Waals surface area contributed by atoms with E-state index in [1.54, 1.807) is 0 Å². The van der Waals surface area contributed by atoms with E-state index in [0.29, 0.717) is 0 Å². The Morgan fingerprint density at radius 3 is 2.33 bits per heavy atom. The predicted molar refractivity (Wildman–Crippen MR) is 73.2 cm³/mol. The number of rotatable bonds is 3. The van der Waals surface area contributed by atoms with Gasteiger partial charge in [-0.05, 0) is 45.7 Å². The first kappa shape index (κ1) is 13.8. The molecule has 2 N–H and O–H groups in total. The Labute approximate surface area is 110 Å². The van der Waals surface area contributed by atoms with Gasteiger partial charge in [0.1, 0.15) is 0 Å². The van der Waals surface area contributed by atoms with Gasteiger partial charge < -0.3 is 15.5 Å². The van der Waals surface area contributed by atoms with Crippen molar-refractivity contribution in [1.82, 2.24) is 9.80 Å². The topological polar surface area (TPSA) is 49.6 Å². The second-order valence-corrected chi connectivity index (χ2v) is 6.36. The molecule has 4 nitrogen and oxygen atoms in total. The number of carbonyl (C=O) groups is 1. The molecule has 18 heavy (non-hydrogen) atoms. The van der Waals surface area contributed by atoms with Crippen LogP contribution in [-0.4, -0.2) is 55.0 Å². The summed E-state index contributed by atoms with van der Waals surface area (Å²) in [7, 11) is 4.23. The van der Waals surface area contributed by atoms with Crippen molar-refractivity contribution in [3.05, 3.63) is 0 Å². The molecule has 1 amide bonds. The maximum absolute atomic E-state index is 12.4.